The highest BCUT2D eigenvalue weighted by molar-refractivity contribution is 5.87. The van der Waals surface area contributed by atoms with Crippen LogP contribution < -0.4 is 27.0 Å². The molecule has 0 aliphatic heterocycles. The van der Waals surface area contributed by atoms with Crippen molar-refractivity contribution in [3.8, 4) is 5.75 Å². The van der Waals surface area contributed by atoms with Crippen molar-refractivity contribution in [2.75, 3.05) is 39.3 Å². The fraction of sp³-hybridized carbons (Fsp3) is 0.667. The van der Waals surface area contributed by atoms with E-state index in [1.54, 1.807) is 24.3 Å². The highest BCUT2D eigenvalue weighted by Crippen LogP contribution is 2.11. The van der Waals surface area contributed by atoms with E-state index < -0.39 is 6.04 Å². The van der Waals surface area contributed by atoms with E-state index in [2.05, 4.69) is 21.3 Å². The Morgan fingerprint density at radius 3 is 2.12 bits per heavy atom. The molecule has 0 aromatic heterocycles. The molecule has 0 heterocycles. The molecule has 0 unspecified atom stereocenters. The molecular weight excluding hydrogens is 406 g/mol. The van der Waals surface area contributed by atoms with E-state index >= 15 is 0 Å². The molecule has 0 saturated heterocycles. The summed E-state index contributed by atoms with van der Waals surface area (Å²) < 4.78 is 0. The Labute approximate surface area is 193 Å². The fourth-order valence-electron chi connectivity index (χ4n) is 3.26. The molecule has 0 aliphatic rings. The quantitative estimate of drug-likeness (QED) is 0.177. The normalized spacial score (nSPS) is 11.8. The van der Waals surface area contributed by atoms with Crippen molar-refractivity contribution in [1.82, 2.24) is 21.3 Å². The zero-order valence-corrected chi connectivity index (χ0v) is 19.6. The summed E-state index contributed by atoms with van der Waals surface area (Å²) in [5.74, 6) is -0.113. The summed E-state index contributed by atoms with van der Waals surface area (Å²) in [5, 5.41) is 22.1. The number of nitrogens with one attached hydrogen (secondary N) is 4. The standard InChI is InChI=1S/C24H43N5O3/c1-2-8-23(31)29-22(19-20-9-11-21(30)12-10-20)24(32)28-18-6-5-15-27-17-7-16-26-14-4-3-13-25/h9-12,22,26-27,30H,2-8,13-19,25H2,1H3,(H,28,32)(H,29,31)/t22-/m0/s1. The number of aromatic hydroxyl groups is 1. The van der Waals surface area contributed by atoms with Crippen molar-refractivity contribution in [2.24, 2.45) is 5.73 Å². The van der Waals surface area contributed by atoms with Gasteiger partial charge in [-0.05, 0) is 88.9 Å². The van der Waals surface area contributed by atoms with E-state index in [1.165, 1.54) is 0 Å². The number of hydrogen-bond donors (Lipinski definition) is 6. The van der Waals surface area contributed by atoms with Crippen LogP contribution in [0.2, 0.25) is 0 Å². The first-order valence-corrected chi connectivity index (χ1v) is 12.0. The molecule has 0 bridgehead atoms. The smallest absolute Gasteiger partial charge is 0.242 e. The number of carbonyl (C=O) groups is 2. The Morgan fingerprint density at radius 1 is 0.906 bits per heavy atom. The van der Waals surface area contributed by atoms with Crippen molar-refractivity contribution in [1.29, 1.82) is 0 Å². The third-order valence-corrected chi connectivity index (χ3v) is 5.10. The van der Waals surface area contributed by atoms with Gasteiger partial charge >= 0.3 is 0 Å². The van der Waals surface area contributed by atoms with Crippen molar-refractivity contribution >= 4 is 11.8 Å². The van der Waals surface area contributed by atoms with Crippen LogP contribution in [0.25, 0.3) is 0 Å². The zero-order chi connectivity index (χ0) is 23.4. The minimum atomic E-state index is -0.617. The van der Waals surface area contributed by atoms with Gasteiger partial charge in [-0.1, -0.05) is 19.1 Å². The van der Waals surface area contributed by atoms with Gasteiger partial charge in [-0.25, -0.2) is 0 Å². The topological polar surface area (TPSA) is 129 Å². The summed E-state index contributed by atoms with van der Waals surface area (Å²) in [6.45, 7) is 7.22. The van der Waals surface area contributed by atoms with Crippen LogP contribution >= 0.6 is 0 Å². The summed E-state index contributed by atoms with van der Waals surface area (Å²) >= 11 is 0. The van der Waals surface area contributed by atoms with E-state index in [-0.39, 0.29) is 17.6 Å². The number of rotatable bonds is 19. The molecule has 0 radical (unpaired) electrons. The van der Waals surface area contributed by atoms with Crippen LogP contribution in [0.15, 0.2) is 24.3 Å². The van der Waals surface area contributed by atoms with Crippen LogP contribution in [0.3, 0.4) is 0 Å². The molecule has 7 N–H and O–H groups in total. The van der Waals surface area contributed by atoms with Gasteiger partial charge in [0.2, 0.25) is 11.8 Å². The van der Waals surface area contributed by atoms with Gasteiger partial charge in [0.05, 0.1) is 0 Å². The third kappa shape index (κ3) is 14.0. The molecule has 1 atom stereocenters. The second-order valence-corrected chi connectivity index (χ2v) is 8.09. The van der Waals surface area contributed by atoms with E-state index in [4.69, 9.17) is 5.73 Å². The lowest BCUT2D eigenvalue weighted by Crippen LogP contribution is -2.48. The molecule has 1 aromatic carbocycles. The fourth-order valence-corrected chi connectivity index (χ4v) is 3.26. The highest BCUT2D eigenvalue weighted by Gasteiger charge is 2.20. The third-order valence-electron chi connectivity index (χ3n) is 5.10. The molecule has 8 heteroatoms. The van der Waals surface area contributed by atoms with Crippen molar-refractivity contribution in [3.63, 3.8) is 0 Å². The Balaban J connectivity index is 2.21. The number of phenolic OH excluding ortho intramolecular Hbond substituents is 1. The zero-order valence-electron chi connectivity index (χ0n) is 19.6. The first-order chi connectivity index (χ1) is 15.6. The number of amides is 2. The van der Waals surface area contributed by atoms with Gasteiger partial charge in [-0.15, -0.1) is 0 Å². The first-order valence-electron chi connectivity index (χ1n) is 12.0. The van der Waals surface area contributed by atoms with Gasteiger partial charge in [0, 0.05) is 19.4 Å². The molecule has 182 valence electrons. The summed E-state index contributed by atoms with van der Waals surface area (Å²) in [4.78, 5) is 24.7. The second kappa shape index (κ2) is 18.4. The predicted molar refractivity (Wildman–Crippen MR) is 130 cm³/mol. The first kappa shape index (κ1) is 27.9. The lowest BCUT2D eigenvalue weighted by Gasteiger charge is -2.19. The number of carbonyl (C=O) groups excluding carboxylic acids is 2. The maximum atomic E-state index is 12.7. The number of hydrogen-bond acceptors (Lipinski definition) is 6. The molecular formula is C24H43N5O3. The Hall–Kier alpha value is -2.16. The Morgan fingerprint density at radius 2 is 1.50 bits per heavy atom. The number of unbranched alkanes of at least 4 members (excludes halogenated alkanes) is 2. The molecule has 32 heavy (non-hydrogen) atoms. The van der Waals surface area contributed by atoms with Crippen LogP contribution in [0.4, 0.5) is 0 Å². The van der Waals surface area contributed by atoms with Gasteiger partial charge in [0.15, 0.2) is 0 Å². The van der Waals surface area contributed by atoms with Crippen LogP contribution in [-0.2, 0) is 16.0 Å². The average molecular weight is 450 g/mol. The monoisotopic (exact) mass is 449 g/mol. The largest absolute Gasteiger partial charge is 0.508 e. The second-order valence-electron chi connectivity index (χ2n) is 8.09. The van der Waals surface area contributed by atoms with Gasteiger partial charge in [0.25, 0.3) is 0 Å². The maximum absolute atomic E-state index is 12.7. The number of nitrogens with two attached hydrogens (primary N) is 1. The van der Waals surface area contributed by atoms with Crippen LogP contribution in [-0.4, -0.2) is 62.2 Å². The summed E-state index contributed by atoms with van der Waals surface area (Å²) in [6.07, 6.45) is 6.68. The molecule has 1 rings (SSSR count). The molecule has 0 saturated carbocycles. The minimum Gasteiger partial charge on any atom is -0.508 e. The number of benzene rings is 1. The molecule has 1 aromatic rings. The van der Waals surface area contributed by atoms with E-state index in [1.807, 2.05) is 6.92 Å². The predicted octanol–water partition coefficient (Wildman–Crippen LogP) is 1.42. The lowest BCUT2D eigenvalue weighted by atomic mass is 10.0. The highest BCUT2D eigenvalue weighted by atomic mass is 16.3. The van der Waals surface area contributed by atoms with E-state index in [0.29, 0.717) is 19.4 Å². The van der Waals surface area contributed by atoms with Gasteiger partial charge in [0.1, 0.15) is 11.8 Å². The Bertz CT molecular complexity index is 625. The summed E-state index contributed by atoms with van der Waals surface area (Å²) in [7, 11) is 0. The molecule has 0 fully saturated rings. The summed E-state index contributed by atoms with van der Waals surface area (Å²) in [6, 6.07) is 6.09. The van der Waals surface area contributed by atoms with Gasteiger partial charge in [-0.3, -0.25) is 9.59 Å². The Kier molecular flexibility index (Phi) is 16.0. The molecule has 8 nitrogen and oxygen atoms in total. The molecule has 2 amide bonds. The lowest BCUT2D eigenvalue weighted by molar-refractivity contribution is -0.129. The van der Waals surface area contributed by atoms with Gasteiger partial charge in [-0.2, -0.15) is 0 Å². The SMILES string of the molecule is CCCC(=O)N[C@@H](Cc1ccc(O)cc1)C(=O)NCCCCNCCCNCCCCN. The van der Waals surface area contributed by atoms with E-state index in [0.717, 1.165) is 76.8 Å². The summed E-state index contributed by atoms with van der Waals surface area (Å²) in [5.41, 5.74) is 6.36. The molecule has 0 spiro atoms. The molecule has 0 aliphatic carbocycles. The number of phenols is 1. The van der Waals surface area contributed by atoms with Crippen LogP contribution in [0.5, 0.6) is 5.75 Å². The van der Waals surface area contributed by atoms with Crippen molar-refractivity contribution in [2.45, 2.75) is 64.3 Å². The van der Waals surface area contributed by atoms with Gasteiger partial charge < -0.3 is 32.1 Å². The van der Waals surface area contributed by atoms with Crippen molar-refractivity contribution < 1.29 is 14.7 Å². The van der Waals surface area contributed by atoms with Crippen LogP contribution in [0, 0.1) is 0 Å². The average Bonchev–Trinajstić information content (AvgIpc) is 2.78. The maximum Gasteiger partial charge on any atom is 0.242 e. The minimum absolute atomic E-state index is 0.121. The van der Waals surface area contributed by atoms with Crippen molar-refractivity contribution in [3.05, 3.63) is 29.8 Å². The van der Waals surface area contributed by atoms with Crippen LogP contribution in [0.1, 0.15) is 57.4 Å². The van der Waals surface area contributed by atoms with E-state index in [9.17, 15) is 14.7 Å².